The van der Waals surface area contributed by atoms with Crippen LogP contribution in [0.3, 0.4) is 0 Å². The zero-order valence-corrected chi connectivity index (χ0v) is 56.0. The molecule has 24 rings (SSSR count). The van der Waals surface area contributed by atoms with E-state index in [2.05, 4.69) is 99.6 Å². The molecular formula is C73H90N8O3S5. The first kappa shape index (κ1) is 58.7. The predicted molar refractivity (Wildman–Crippen MR) is 361 cm³/mol. The van der Waals surface area contributed by atoms with E-state index >= 15 is 0 Å². The number of nitrogens with one attached hydrogen (secondary N) is 4. The van der Waals surface area contributed by atoms with Gasteiger partial charge >= 0.3 is 0 Å². The van der Waals surface area contributed by atoms with E-state index in [4.69, 9.17) is 18.2 Å². The zero-order valence-electron chi connectivity index (χ0n) is 51.9. The summed E-state index contributed by atoms with van der Waals surface area (Å²) in [4.78, 5) is 23.6. The highest BCUT2D eigenvalue weighted by atomic mass is 32.1. The van der Waals surface area contributed by atoms with Gasteiger partial charge in [0.2, 0.25) is 17.7 Å². The first-order chi connectivity index (χ1) is 43.5. The fourth-order valence-corrected chi connectivity index (χ4v) is 25.8. The number of hydrogen-bond acceptors (Lipinski definition) is 16. The van der Waals surface area contributed by atoms with E-state index in [1.165, 1.54) is 169 Å². The second-order valence-electron chi connectivity index (χ2n) is 31.1. The zero-order chi connectivity index (χ0) is 59.2. The number of rotatable bonds is 16. The maximum atomic E-state index is 5.89. The minimum absolute atomic E-state index is 0.392. The molecule has 16 heteroatoms. The maximum absolute atomic E-state index is 5.89. The van der Waals surface area contributed by atoms with Crippen molar-refractivity contribution < 1.29 is 13.3 Å². The van der Waals surface area contributed by atoms with Crippen molar-refractivity contribution in [1.29, 1.82) is 0 Å². The summed E-state index contributed by atoms with van der Waals surface area (Å²) in [5.74, 6) is 15.1. The van der Waals surface area contributed by atoms with E-state index in [0.29, 0.717) is 22.2 Å². The van der Waals surface area contributed by atoms with Crippen LogP contribution in [0.15, 0.2) is 101 Å². The average Bonchev–Trinajstić information content (AvgIpc) is 2.16. The van der Waals surface area contributed by atoms with Gasteiger partial charge in [0, 0.05) is 70.4 Å². The lowest BCUT2D eigenvalue weighted by Crippen LogP contribution is -2.58. The number of oxazole rings is 3. The van der Waals surface area contributed by atoms with Crippen LogP contribution in [0.5, 0.6) is 0 Å². The molecule has 4 N–H and O–H groups in total. The van der Waals surface area contributed by atoms with Crippen LogP contribution in [0, 0.1) is 77.9 Å². The molecule has 0 unspecified atom stereocenters. The molecule has 0 aromatic carbocycles. The highest BCUT2D eigenvalue weighted by molar-refractivity contribution is 7.21. The number of thiophene rings is 4. The lowest BCUT2D eigenvalue weighted by Gasteiger charge is -2.57. The lowest BCUT2D eigenvalue weighted by molar-refractivity contribution is -0.0209. The lowest BCUT2D eigenvalue weighted by atomic mass is 9.53. The fourth-order valence-electron chi connectivity index (χ4n) is 22.2. The summed E-state index contributed by atoms with van der Waals surface area (Å²) >= 11 is 8.68. The van der Waals surface area contributed by atoms with Crippen LogP contribution in [0.25, 0.3) is 42.9 Å². The van der Waals surface area contributed by atoms with Crippen molar-refractivity contribution in [3.63, 3.8) is 0 Å². The third kappa shape index (κ3) is 12.7. The number of nitrogens with zero attached hydrogens (tertiary/aromatic N) is 4. The molecule has 16 bridgehead atoms. The molecule has 16 aliphatic rings. The highest BCUT2D eigenvalue weighted by Crippen LogP contribution is 2.59. The van der Waals surface area contributed by atoms with Crippen molar-refractivity contribution in [3.05, 3.63) is 116 Å². The molecule has 16 saturated carbocycles. The molecule has 16 fully saturated rings. The molecular weight excluding hydrogens is 1200 g/mol. The van der Waals surface area contributed by atoms with Gasteiger partial charge in [-0.3, -0.25) is 0 Å². The van der Waals surface area contributed by atoms with Gasteiger partial charge in [-0.05, 0) is 278 Å². The molecule has 0 atom stereocenters. The number of aromatic nitrogens is 4. The van der Waals surface area contributed by atoms with Crippen LogP contribution in [-0.4, -0.2) is 42.1 Å². The smallest absolute Gasteiger partial charge is 0.236 e. The number of aryl methyl sites for hydroxylation is 1. The molecule has 0 saturated heterocycles. The fraction of sp³-hybridized carbons (Fsp3) is 0.616. The largest absolute Gasteiger partial charge is 0.444 e. The summed E-state index contributed by atoms with van der Waals surface area (Å²) in [6.45, 7) is 5.60. The van der Waals surface area contributed by atoms with Gasteiger partial charge in [-0.25, -0.2) is 19.9 Å². The van der Waals surface area contributed by atoms with E-state index in [1.54, 1.807) is 45.3 Å². The maximum Gasteiger partial charge on any atom is 0.236 e. The molecule has 16 aliphatic carbocycles. The topological polar surface area (TPSA) is 139 Å². The van der Waals surface area contributed by atoms with E-state index in [9.17, 15) is 0 Å². The van der Waals surface area contributed by atoms with E-state index in [1.807, 2.05) is 42.9 Å². The van der Waals surface area contributed by atoms with Gasteiger partial charge in [0.1, 0.15) is 23.3 Å². The quantitative estimate of drug-likeness (QED) is 0.0735. The van der Waals surface area contributed by atoms with Gasteiger partial charge in [-0.2, -0.15) is 11.3 Å². The Hall–Kier alpha value is -4.10. The normalized spacial score (nSPS) is 35.8. The van der Waals surface area contributed by atoms with E-state index in [-0.39, 0.29) is 0 Å². The average molecular weight is 1290 g/mol. The Labute approximate surface area is 546 Å². The SMILES string of the molecule is Cc1oc(-c2cccs2)nc1CNC12CC3CC(CC(C3)C1)C2.c1cc(-c2nc(CNC34CC5CC(CC(C5)C3)C4)co2)cs1.c1csc(-c2nc(CNC34CC5CC(CC(C5)C3)C4)co2)c1.c1csc(-c2ncc(CNC34CC5CC(CC(C5)C3)C4)s2)c1. The molecule has 0 spiro atoms. The molecule has 11 nitrogen and oxygen atoms in total. The molecule has 0 amide bonds. The Morgan fingerprint density at radius 3 is 1.25 bits per heavy atom. The Morgan fingerprint density at radius 2 is 0.831 bits per heavy atom. The Bertz CT molecular complexity index is 3210. The Kier molecular flexibility index (Phi) is 16.1. The number of hydrogen-bond donors (Lipinski definition) is 4. The first-order valence-electron chi connectivity index (χ1n) is 34.5. The predicted octanol–water partition coefficient (Wildman–Crippen LogP) is 18.6. The minimum Gasteiger partial charge on any atom is -0.444 e. The summed E-state index contributed by atoms with van der Waals surface area (Å²) in [6.07, 6.45) is 40.4. The van der Waals surface area contributed by atoms with Crippen LogP contribution in [0.1, 0.15) is 182 Å². The summed E-state index contributed by atoms with van der Waals surface area (Å²) < 4.78 is 17.2. The standard InChI is InChI=1S/C19H24N2OS.2C18H22N2OS.C18H22N2S2/c1-12-16(21-18(22-12)17-3-2-4-23-17)11-20-19-8-13-5-14(9-19)7-15(6-13)10-19;1-2-22-11-15(1)17-20-16(10-21-17)9-19-18-6-12-3-13(7-18)5-14(4-12)8-18;1-2-16(22-3-1)17-20-15(11-21-17)10-19-18-7-12-4-13(8-18)6-14(5-12)9-18;1-2-16(21-3-1)17-19-10-15(22-17)11-20-18-7-12-4-13(8-18)6-14(5-12)9-18/h2-4,13-15,20H,5-11H2,1H3;1-2,10-14,19H,3-9H2;1-3,11-14,19H,4-10H2;1-3,10,12-14,20H,4-9,11H2. The molecule has 89 heavy (non-hydrogen) atoms. The van der Waals surface area contributed by atoms with Gasteiger partial charge < -0.3 is 34.5 Å². The second kappa shape index (κ2) is 24.3. The molecule has 0 aliphatic heterocycles. The summed E-state index contributed by atoms with van der Waals surface area (Å²) in [6, 6.07) is 14.6. The minimum atomic E-state index is 0.392. The van der Waals surface area contributed by atoms with Gasteiger partial charge in [-0.1, -0.05) is 18.2 Å². The van der Waals surface area contributed by atoms with Crippen molar-refractivity contribution in [2.75, 3.05) is 0 Å². The molecule has 8 aromatic rings. The molecule has 8 aromatic heterocycles. The monoisotopic (exact) mass is 1290 g/mol. The summed E-state index contributed by atoms with van der Waals surface area (Å²) in [5, 5.41) is 27.3. The highest BCUT2D eigenvalue weighted by Gasteiger charge is 2.54. The number of thiazole rings is 1. The van der Waals surface area contributed by atoms with Gasteiger partial charge in [0.05, 0.1) is 31.7 Å². The van der Waals surface area contributed by atoms with Crippen molar-refractivity contribution in [3.8, 4) is 42.9 Å². The van der Waals surface area contributed by atoms with Crippen molar-refractivity contribution in [1.82, 2.24) is 41.2 Å². The third-order valence-corrected chi connectivity index (χ3v) is 28.7. The van der Waals surface area contributed by atoms with Crippen molar-refractivity contribution in [2.45, 2.75) is 209 Å². The van der Waals surface area contributed by atoms with Crippen molar-refractivity contribution >= 4 is 56.7 Å². The van der Waals surface area contributed by atoms with Gasteiger partial charge in [0.25, 0.3) is 0 Å². The van der Waals surface area contributed by atoms with Crippen LogP contribution in [0.4, 0.5) is 0 Å². The Morgan fingerprint density at radius 1 is 0.438 bits per heavy atom. The van der Waals surface area contributed by atoms with Gasteiger partial charge in [0.15, 0.2) is 0 Å². The molecule has 470 valence electrons. The summed E-state index contributed by atoms with van der Waals surface area (Å²) in [5.41, 5.74) is 5.91. The van der Waals surface area contributed by atoms with Crippen LogP contribution < -0.4 is 21.3 Å². The van der Waals surface area contributed by atoms with Crippen LogP contribution in [0.2, 0.25) is 0 Å². The third-order valence-electron chi connectivity index (χ3n) is 24.2. The molecule has 8 heterocycles. The van der Waals surface area contributed by atoms with E-state index in [0.717, 1.165) is 153 Å². The Balaban J connectivity index is 0.0000000918. The van der Waals surface area contributed by atoms with Crippen molar-refractivity contribution in [2.24, 2.45) is 71.0 Å². The van der Waals surface area contributed by atoms with E-state index < -0.39 is 0 Å². The van der Waals surface area contributed by atoms with Crippen LogP contribution in [-0.2, 0) is 26.2 Å². The van der Waals surface area contributed by atoms with Gasteiger partial charge in [-0.15, -0.1) is 45.3 Å². The first-order valence-corrected chi connectivity index (χ1v) is 38.9. The molecule has 0 radical (unpaired) electrons. The van der Waals surface area contributed by atoms with Crippen LogP contribution >= 0.6 is 56.7 Å². The summed E-state index contributed by atoms with van der Waals surface area (Å²) in [7, 11) is 0. The second-order valence-corrected chi connectivity index (χ2v) is 35.8.